The molecule has 0 radical (unpaired) electrons. The molecule has 0 aliphatic rings. The molecule has 0 atom stereocenters. The van der Waals surface area contributed by atoms with Crippen LogP contribution in [-0.4, -0.2) is 21.9 Å². The van der Waals surface area contributed by atoms with Crippen molar-refractivity contribution in [3.8, 4) is 11.4 Å². The third kappa shape index (κ3) is 2.04. The average Bonchev–Trinajstić information content (AvgIpc) is 2.77. The van der Waals surface area contributed by atoms with E-state index in [2.05, 4.69) is 21.7 Å². The first-order valence-electron chi connectivity index (χ1n) is 5.98. The maximum Gasteiger partial charge on any atom is 0.111 e. The number of hydrogen-bond donors (Lipinski definition) is 1. The number of benzene rings is 1. The summed E-state index contributed by atoms with van der Waals surface area (Å²) < 4.78 is 1.98. The first-order chi connectivity index (χ1) is 9.19. The zero-order valence-corrected chi connectivity index (χ0v) is 11.4. The van der Waals surface area contributed by atoms with Crippen molar-refractivity contribution in [1.29, 1.82) is 0 Å². The quantitative estimate of drug-likeness (QED) is 0.779. The Kier molecular flexibility index (Phi) is 2.87. The summed E-state index contributed by atoms with van der Waals surface area (Å²) in [6, 6.07) is 11.8. The SMILES string of the molecule is CNn1c(-c2ccc(C)nn2)cc2cc(Cl)ccc21. The van der Waals surface area contributed by atoms with E-state index in [4.69, 9.17) is 11.6 Å². The standard InChI is InChI=1S/C14H13ClN4/c1-9-3-5-12(18-17-9)14-8-10-7-11(15)4-6-13(10)19(14)16-2/h3-8,16H,1-2H3. The fraction of sp³-hybridized carbons (Fsp3) is 0.143. The van der Waals surface area contributed by atoms with Crippen molar-refractivity contribution < 1.29 is 0 Å². The lowest BCUT2D eigenvalue weighted by molar-refractivity contribution is 0.940. The summed E-state index contributed by atoms with van der Waals surface area (Å²) in [6.45, 7) is 1.92. The second-order valence-electron chi connectivity index (χ2n) is 4.35. The molecule has 0 saturated heterocycles. The van der Waals surface area contributed by atoms with Crippen LogP contribution in [0, 0.1) is 6.92 Å². The highest BCUT2D eigenvalue weighted by Gasteiger charge is 2.11. The number of fused-ring (bicyclic) bond motifs is 1. The molecule has 0 spiro atoms. The second kappa shape index (κ2) is 4.55. The Morgan fingerprint density at radius 1 is 1.11 bits per heavy atom. The van der Waals surface area contributed by atoms with Crippen molar-refractivity contribution in [2.45, 2.75) is 6.92 Å². The smallest absolute Gasteiger partial charge is 0.111 e. The Hall–Kier alpha value is -2.07. The maximum absolute atomic E-state index is 6.03. The number of nitrogens with zero attached hydrogens (tertiary/aromatic N) is 3. The van der Waals surface area contributed by atoms with Gasteiger partial charge in [-0.1, -0.05) is 11.6 Å². The van der Waals surface area contributed by atoms with E-state index in [1.54, 1.807) is 0 Å². The Morgan fingerprint density at radius 3 is 2.63 bits per heavy atom. The number of rotatable bonds is 2. The third-order valence-electron chi connectivity index (χ3n) is 3.05. The predicted octanol–water partition coefficient (Wildman–Crippen LogP) is 3.23. The first-order valence-corrected chi connectivity index (χ1v) is 6.36. The Balaban J connectivity index is 2.25. The highest BCUT2D eigenvalue weighted by Crippen LogP contribution is 2.27. The predicted molar refractivity (Wildman–Crippen MR) is 78.0 cm³/mol. The molecule has 1 aromatic carbocycles. The van der Waals surface area contributed by atoms with E-state index in [1.165, 1.54) is 0 Å². The van der Waals surface area contributed by atoms with Crippen LogP contribution in [0.1, 0.15) is 5.69 Å². The van der Waals surface area contributed by atoms with E-state index in [1.807, 2.05) is 49.0 Å². The molecule has 0 bridgehead atoms. The molecule has 0 aliphatic heterocycles. The highest BCUT2D eigenvalue weighted by atomic mass is 35.5. The van der Waals surface area contributed by atoms with E-state index >= 15 is 0 Å². The largest absolute Gasteiger partial charge is 0.328 e. The zero-order chi connectivity index (χ0) is 13.4. The molecular formula is C14H13ClN4. The van der Waals surface area contributed by atoms with Crippen molar-refractivity contribution in [3.63, 3.8) is 0 Å². The molecule has 5 heteroatoms. The molecule has 0 fully saturated rings. The van der Waals surface area contributed by atoms with Gasteiger partial charge in [0.25, 0.3) is 0 Å². The van der Waals surface area contributed by atoms with Crippen LogP contribution in [0.25, 0.3) is 22.3 Å². The van der Waals surface area contributed by atoms with Crippen molar-refractivity contribution >= 4 is 22.5 Å². The van der Waals surface area contributed by atoms with Gasteiger partial charge in [0, 0.05) is 17.5 Å². The van der Waals surface area contributed by atoms with Crippen LogP contribution in [0.5, 0.6) is 0 Å². The lowest BCUT2D eigenvalue weighted by atomic mass is 10.2. The second-order valence-corrected chi connectivity index (χ2v) is 4.79. The minimum Gasteiger partial charge on any atom is -0.328 e. The number of halogens is 1. The topological polar surface area (TPSA) is 42.7 Å². The molecule has 1 N–H and O–H groups in total. The monoisotopic (exact) mass is 272 g/mol. The average molecular weight is 273 g/mol. The van der Waals surface area contributed by atoms with Crippen molar-refractivity contribution in [2.24, 2.45) is 0 Å². The zero-order valence-electron chi connectivity index (χ0n) is 10.7. The number of hydrogen-bond acceptors (Lipinski definition) is 3. The molecule has 2 aromatic heterocycles. The van der Waals surface area contributed by atoms with E-state index in [-0.39, 0.29) is 0 Å². The number of nitrogens with one attached hydrogen (secondary N) is 1. The Labute approximate surface area is 116 Å². The van der Waals surface area contributed by atoms with E-state index < -0.39 is 0 Å². The van der Waals surface area contributed by atoms with Gasteiger partial charge in [-0.3, -0.25) is 4.68 Å². The number of aryl methyl sites for hydroxylation is 1. The van der Waals surface area contributed by atoms with E-state index in [0.29, 0.717) is 0 Å². The van der Waals surface area contributed by atoms with Gasteiger partial charge in [-0.2, -0.15) is 5.10 Å². The molecule has 0 amide bonds. The minimum absolute atomic E-state index is 0.724. The summed E-state index contributed by atoms with van der Waals surface area (Å²) in [7, 11) is 1.87. The van der Waals surface area contributed by atoms with Gasteiger partial charge in [-0.15, -0.1) is 5.10 Å². The Morgan fingerprint density at radius 2 is 1.95 bits per heavy atom. The third-order valence-corrected chi connectivity index (χ3v) is 3.28. The van der Waals surface area contributed by atoms with Gasteiger partial charge in [0.1, 0.15) is 5.69 Å². The molecule has 96 valence electrons. The molecule has 2 heterocycles. The van der Waals surface area contributed by atoms with Crippen molar-refractivity contribution in [1.82, 2.24) is 14.9 Å². The molecule has 19 heavy (non-hydrogen) atoms. The van der Waals surface area contributed by atoms with Crippen LogP contribution >= 0.6 is 11.6 Å². The van der Waals surface area contributed by atoms with Gasteiger partial charge in [-0.25, -0.2) is 0 Å². The fourth-order valence-corrected chi connectivity index (χ4v) is 2.33. The van der Waals surface area contributed by atoms with Gasteiger partial charge in [0.2, 0.25) is 0 Å². The van der Waals surface area contributed by atoms with Crippen molar-refractivity contribution in [2.75, 3.05) is 12.5 Å². The summed E-state index contributed by atoms with van der Waals surface area (Å²) in [5.41, 5.74) is 6.91. The van der Waals surface area contributed by atoms with Gasteiger partial charge in [0.15, 0.2) is 0 Å². The highest BCUT2D eigenvalue weighted by molar-refractivity contribution is 6.31. The van der Waals surface area contributed by atoms with E-state index in [0.717, 1.165) is 33.0 Å². The lowest BCUT2D eigenvalue weighted by Gasteiger charge is -2.08. The molecule has 0 unspecified atom stereocenters. The normalized spacial score (nSPS) is 10.9. The maximum atomic E-state index is 6.03. The summed E-state index contributed by atoms with van der Waals surface area (Å²) in [4.78, 5) is 0. The Bertz CT molecular complexity index is 731. The number of aromatic nitrogens is 3. The fourth-order valence-electron chi connectivity index (χ4n) is 2.15. The summed E-state index contributed by atoms with van der Waals surface area (Å²) >= 11 is 6.03. The summed E-state index contributed by atoms with van der Waals surface area (Å²) in [5.74, 6) is 0. The van der Waals surface area contributed by atoms with Gasteiger partial charge in [-0.05, 0) is 43.3 Å². The minimum atomic E-state index is 0.724. The molecule has 0 saturated carbocycles. The lowest BCUT2D eigenvalue weighted by Crippen LogP contribution is -2.10. The van der Waals surface area contributed by atoms with Crippen molar-refractivity contribution in [3.05, 3.63) is 47.1 Å². The van der Waals surface area contributed by atoms with Crippen LogP contribution in [0.3, 0.4) is 0 Å². The van der Waals surface area contributed by atoms with Crippen LogP contribution in [-0.2, 0) is 0 Å². The molecule has 3 rings (SSSR count). The van der Waals surface area contributed by atoms with Gasteiger partial charge in [0.05, 0.1) is 16.9 Å². The van der Waals surface area contributed by atoms with Gasteiger partial charge >= 0.3 is 0 Å². The first kappa shape index (κ1) is 12.0. The van der Waals surface area contributed by atoms with Crippen LogP contribution in [0.15, 0.2) is 36.4 Å². The van der Waals surface area contributed by atoms with Gasteiger partial charge < -0.3 is 5.43 Å². The molecule has 4 nitrogen and oxygen atoms in total. The molecule has 3 aromatic rings. The summed E-state index contributed by atoms with van der Waals surface area (Å²) in [5, 5.41) is 10.1. The molecular weight excluding hydrogens is 260 g/mol. The van der Waals surface area contributed by atoms with E-state index in [9.17, 15) is 0 Å². The van der Waals surface area contributed by atoms with Crippen LogP contribution in [0.4, 0.5) is 0 Å². The van der Waals surface area contributed by atoms with Crippen LogP contribution < -0.4 is 5.43 Å². The van der Waals surface area contributed by atoms with Crippen LogP contribution in [0.2, 0.25) is 5.02 Å². The summed E-state index contributed by atoms with van der Waals surface area (Å²) in [6.07, 6.45) is 0. The molecule has 0 aliphatic carbocycles.